The van der Waals surface area contributed by atoms with Gasteiger partial charge in [-0.05, 0) is 42.0 Å². The second-order valence-corrected chi connectivity index (χ2v) is 5.65. The fourth-order valence-corrected chi connectivity index (χ4v) is 2.29. The van der Waals surface area contributed by atoms with E-state index in [1.807, 2.05) is 6.07 Å². The third-order valence-electron chi connectivity index (χ3n) is 3.09. The van der Waals surface area contributed by atoms with Crippen molar-refractivity contribution in [1.82, 2.24) is 0 Å². The smallest absolute Gasteiger partial charge is 0.248 e. The van der Waals surface area contributed by atoms with Crippen molar-refractivity contribution in [2.24, 2.45) is 0 Å². The van der Waals surface area contributed by atoms with Crippen LogP contribution in [0.2, 0.25) is 10.0 Å². The molecule has 2 aromatic rings. The van der Waals surface area contributed by atoms with Crippen molar-refractivity contribution in [3.63, 3.8) is 0 Å². The van der Waals surface area contributed by atoms with E-state index in [1.54, 1.807) is 42.5 Å². The molecule has 0 saturated carbocycles. The Balaban J connectivity index is 2.09. The van der Waals surface area contributed by atoms with Gasteiger partial charge in [0.25, 0.3) is 0 Å². The van der Waals surface area contributed by atoms with Crippen LogP contribution >= 0.6 is 23.2 Å². The minimum atomic E-state index is -0.354. The van der Waals surface area contributed by atoms with E-state index in [0.29, 0.717) is 27.2 Å². The lowest BCUT2D eigenvalue weighted by Crippen LogP contribution is -2.08. The molecule has 0 fully saturated rings. The van der Waals surface area contributed by atoms with Crippen LogP contribution in [0, 0.1) is 11.3 Å². The molecule has 128 valence electrons. The fourth-order valence-electron chi connectivity index (χ4n) is 1.96. The predicted molar refractivity (Wildman–Crippen MR) is 98.2 cm³/mol. The molecule has 0 atom stereocenters. The lowest BCUT2D eigenvalue weighted by Gasteiger charge is -2.09. The summed E-state index contributed by atoms with van der Waals surface area (Å²) >= 11 is 11.9. The van der Waals surface area contributed by atoms with Gasteiger partial charge in [0.2, 0.25) is 5.91 Å². The van der Waals surface area contributed by atoms with Gasteiger partial charge in [-0.3, -0.25) is 4.79 Å². The molecule has 2 rings (SSSR count). The topological polar surface area (TPSA) is 71.3 Å². The summed E-state index contributed by atoms with van der Waals surface area (Å²) in [5, 5.41) is 12.1. The fraction of sp³-hybridized carbons (Fsp3) is 0.111. The van der Waals surface area contributed by atoms with E-state index in [4.69, 9.17) is 37.9 Å². The van der Waals surface area contributed by atoms with Crippen LogP contribution in [-0.2, 0) is 4.79 Å². The average molecular weight is 377 g/mol. The number of carbonyl (C=O) groups is 1. The Morgan fingerprint density at radius 3 is 2.76 bits per heavy atom. The third-order valence-corrected chi connectivity index (χ3v) is 3.66. The van der Waals surface area contributed by atoms with Crippen LogP contribution < -0.4 is 14.8 Å². The highest BCUT2D eigenvalue weighted by Crippen LogP contribution is 2.29. The number of hydrogen-bond donors (Lipinski definition) is 1. The number of ether oxygens (including phenoxy) is 2. The Kier molecular flexibility index (Phi) is 6.70. The average Bonchev–Trinajstić information content (AvgIpc) is 2.61. The quantitative estimate of drug-likeness (QED) is 0.750. The number of nitrogens with one attached hydrogen (secondary N) is 1. The number of methoxy groups -OCH3 is 1. The van der Waals surface area contributed by atoms with Crippen LogP contribution in [-0.4, -0.2) is 19.6 Å². The first-order valence-corrected chi connectivity index (χ1v) is 7.91. The van der Waals surface area contributed by atoms with Crippen molar-refractivity contribution in [2.45, 2.75) is 0 Å². The maximum atomic E-state index is 12.0. The number of hydrogen-bond acceptors (Lipinski definition) is 4. The number of benzene rings is 2. The Hall–Kier alpha value is -2.68. The SMILES string of the molecule is COc1cc(/C=C/C(=O)Nc2cc(Cl)ccc2Cl)ccc1OCC#N. The molecule has 0 saturated heterocycles. The number of nitrogens with zero attached hydrogens (tertiary/aromatic N) is 1. The second kappa shape index (κ2) is 8.97. The summed E-state index contributed by atoms with van der Waals surface area (Å²) in [6.07, 6.45) is 2.98. The third kappa shape index (κ3) is 5.42. The summed E-state index contributed by atoms with van der Waals surface area (Å²) in [5.74, 6) is 0.569. The molecule has 1 amide bonds. The molecule has 0 unspecified atom stereocenters. The van der Waals surface area contributed by atoms with Gasteiger partial charge in [0.05, 0.1) is 17.8 Å². The molecule has 0 aliphatic heterocycles. The zero-order valence-corrected chi connectivity index (χ0v) is 14.8. The van der Waals surface area contributed by atoms with Crippen molar-refractivity contribution in [3.05, 3.63) is 58.1 Å². The Morgan fingerprint density at radius 1 is 1.24 bits per heavy atom. The summed E-state index contributed by atoms with van der Waals surface area (Å²) in [7, 11) is 1.50. The predicted octanol–water partition coefficient (Wildman–Crippen LogP) is 4.56. The Labute approximate surface area is 155 Å². The van der Waals surface area contributed by atoms with Gasteiger partial charge < -0.3 is 14.8 Å². The second-order valence-electron chi connectivity index (χ2n) is 4.80. The highest BCUT2D eigenvalue weighted by molar-refractivity contribution is 6.35. The summed E-state index contributed by atoms with van der Waals surface area (Å²) < 4.78 is 10.5. The van der Waals surface area contributed by atoms with Crippen LogP contribution in [0.5, 0.6) is 11.5 Å². The zero-order chi connectivity index (χ0) is 18.2. The van der Waals surface area contributed by atoms with Gasteiger partial charge in [0, 0.05) is 11.1 Å². The molecular weight excluding hydrogens is 363 g/mol. The van der Waals surface area contributed by atoms with Gasteiger partial charge in [-0.25, -0.2) is 0 Å². The van der Waals surface area contributed by atoms with Crippen LogP contribution in [0.25, 0.3) is 6.08 Å². The largest absolute Gasteiger partial charge is 0.493 e. The molecule has 2 aromatic carbocycles. The number of halogens is 2. The van der Waals surface area contributed by atoms with E-state index in [-0.39, 0.29) is 12.5 Å². The van der Waals surface area contributed by atoms with Crippen molar-refractivity contribution in [3.8, 4) is 17.6 Å². The highest BCUT2D eigenvalue weighted by atomic mass is 35.5. The van der Waals surface area contributed by atoms with Crippen molar-refractivity contribution in [1.29, 1.82) is 5.26 Å². The first kappa shape index (κ1) is 18.7. The van der Waals surface area contributed by atoms with Crippen molar-refractivity contribution in [2.75, 3.05) is 19.0 Å². The van der Waals surface area contributed by atoms with Crippen LogP contribution in [0.1, 0.15) is 5.56 Å². The first-order chi connectivity index (χ1) is 12.0. The van der Waals surface area contributed by atoms with E-state index < -0.39 is 0 Å². The molecule has 0 spiro atoms. The molecule has 0 heterocycles. The molecule has 0 bridgehead atoms. The molecule has 0 radical (unpaired) electrons. The summed E-state index contributed by atoms with van der Waals surface area (Å²) in [5.41, 5.74) is 1.16. The molecule has 7 heteroatoms. The first-order valence-electron chi connectivity index (χ1n) is 7.15. The van der Waals surface area contributed by atoms with E-state index in [0.717, 1.165) is 5.56 Å². The van der Waals surface area contributed by atoms with E-state index in [9.17, 15) is 4.79 Å². The summed E-state index contributed by atoms with van der Waals surface area (Å²) in [6, 6.07) is 11.8. The van der Waals surface area contributed by atoms with Crippen molar-refractivity contribution >= 4 is 40.9 Å². The minimum absolute atomic E-state index is 0.0751. The number of nitriles is 1. The molecule has 5 nitrogen and oxygen atoms in total. The Morgan fingerprint density at radius 2 is 2.04 bits per heavy atom. The van der Waals surface area contributed by atoms with E-state index in [2.05, 4.69) is 5.32 Å². The minimum Gasteiger partial charge on any atom is -0.493 e. The molecule has 25 heavy (non-hydrogen) atoms. The number of anilines is 1. The van der Waals surface area contributed by atoms with Gasteiger partial charge >= 0.3 is 0 Å². The molecule has 0 aliphatic rings. The van der Waals surface area contributed by atoms with Gasteiger partial charge in [-0.15, -0.1) is 0 Å². The Bertz CT molecular complexity index is 845. The van der Waals surface area contributed by atoms with Crippen LogP contribution in [0.3, 0.4) is 0 Å². The van der Waals surface area contributed by atoms with Crippen LogP contribution in [0.15, 0.2) is 42.5 Å². The van der Waals surface area contributed by atoms with E-state index in [1.165, 1.54) is 13.2 Å². The van der Waals surface area contributed by atoms with Gasteiger partial charge in [-0.1, -0.05) is 29.3 Å². The van der Waals surface area contributed by atoms with Crippen LogP contribution in [0.4, 0.5) is 5.69 Å². The maximum absolute atomic E-state index is 12.0. The van der Waals surface area contributed by atoms with Gasteiger partial charge in [0.15, 0.2) is 18.1 Å². The summed E-state index contributed by atoms with van der Waals surface area (Å²) in [6.45, 7) is -0.0751. The molecule has 0 aliphatic carbocycles. The highest BCUT2D eigenvalue weighted by Gasteiger charge is 2.06. The number of carbonyl (C=O) groups excluding carboxylic acids is 1. The molecule has 0 aromatic heterocycles. The normalized spacial score (nSPS) is 10.3. The lowest BCUT2D eigenvalue weighted by atomic mass is 10.2. The lowest BCUT2D eigenvalue weighted by molar-refractivity contribution is -0.111. The van der Waals surface area contributed by atoms with Crippen molar-refractivity contribution < 1.29 is 14.3 Å². The van der Waals surface area contributed by atoms with E-state index >= 15 is 0 Å². The van der Waals surface area contributed by atoms with Gasteiger partial charge in [0.1, 0.15) is 6.07 Å². The molecular formula is C18H14Cl2N2O3. The molecule has 1 N–H and O–H groups in total. The number of rotatable bonds is 6. The maximum Gasteiger partial charge on any atom is 0.248 e. The summed E-state index contributed by atoms with van der Waals surface area (Å²) in [4.78, 5) is 12.0. The standard InChI is InChI=1S/C18H14Cl2N2O3/c1-24-17-10-12(2-6-16(17)25-9-8-21)3-7-18(23)22-15-11-13(19)4-5-14(15)20/h2-7,10-11H,9H2,1H3,(H,22,23)/b7-3+. The zero-order valence-electron chi connectivity index (χ0n) is 13.3. The monoisotopic (exact) mass is 376 g/mol. The number of amides is 1. The van der Waals surface area contributed by atoms with Gasteiger partial charge in [-0.2, -0.15) is 5.26 Å².